The third-order valence-corrected chi connectivity index (χ3v) is 4.23. The van der Waals surface area contributed by atoms with Crippen LogP contribution < -0.4 is 0 Å². The van der Waals surface area contributed by atoms with Crippen molar-refractivity contribution in [3.8, 4) is 11.3 Å². The number of nitrogens with zero attached hydrogens (tertiary/aromatic N) is 2. The minimum absolute atomic E-state index is 0.0990. The third-order valence-electron chi connectivity index (χ3n) is 4.23. The lowest BCUT2D eigenvalue weighted by Crippen LogP contribution is -1.87. The maximum absolute atomic E-state index is 10.8. The minimum atomic E-state index is -0.385. The Bertz CT molecular complexity index is 989. The highest BCUT2D eigenvalue weighted by Crippen LogP contribution is 2.44. The number of non-ortho nitro benzene ring substituents is 1. The Morgan fingerprint density at radius 2 is 1.79 bits per heavy atom. The number of rotatable bonds is 2. The van der Waals surface area contributed by atoms with Crippen LogP contribution in [0.4, 0.5) is 5.69 Å². The molecule has 0 saturated carbocycles. The maximum Gasteiger partial charge on any atom is 0.269 e. The van der Waals surface area contributed by atoms with Gasteiger partial charge in [-0.3, -0.25) is 15.1 Å². The zero-order valence-corrected chi connectivity index (χ0v) is 13.1. The Morgan fingerprint density at radius 1 is 1.00 bits per heavy atom. The zero-order chi connectivity index (χ0) is 16.7. The summed E-state index contributed by atoms with van der Waals surface area (Å²) < 4.78 is 0. The molecule has 0 fully saturated rings. The molecule has 1 heterocycles. The predicted molar refractivity (Wildman–Crippen MR) is 94.5 cm³/mol. The summed E-state index contributed by atoms with van der Waals surface area (Å²) in [4.78, 5) is 14.9. The van der Waals surface area contributed by atoms with Crippen molar-refractivity contribution in [1.29, 1.82) is 0 Å². The SMILES string of the molecule is Cc1ccc2c(c1)C(=Cc1ccc([N+](=O)[O-])cc1)c1cccnc1-2. The molecule has 0 spiro atoms. The Morgan fingerprint density at radius 3 is 2.54 bits per heavy atom. The second-order valence-corrected chi connectivity index (χ2v) is 5.86. The number of nitro groups is 1. The van der Waals surface area contributed by atoms with Gasteiger partial charge in [0.1, 0.15) is 0 Å². The van der Waals surface area contributed by atoms with Crippen LogP contribution in [-0.2, 0) is 0 Å². The monoisotopic (exact) mass is 314 g/mol. The lowest BCUT2D eigenvalue weighted by molar-refractivity contribution is -0.384. The molecule has 0 atom stereocenters. The van der Waals surface area contributed by atoms with Crippen LogP contribution in [0.25, 0.3) is 22.9 Å². The first-order valence-electron chi connectivity index (χ1n) is 7.66. The Balaban J connectivity index is 1.88. The molecule has 2 aromatic carbocycles. The highest BCUT2D eigenvalue weighted by atomic mass is 16.6. The highest BCUT2D eigenvalue weighted by molar-refractivity contribution is 6.05. The summed E-state index contributed by atoms with van der Waals surface area (Å²) in [5.74, 6) is 0. The van der Waals surface area contributed by atoms with Gasteiger partial charge in [0, 0.05) is 29.5 Å². The van der Waals surface area contributed by atoms with E-state index in [0.717, 1.165) is 33.5 Å². The van der Waals surface area contributed by atoms with Gasteiger partial charge < -0.3 is 0 Å². The molecule has 0 bridgehead atoms. The number of aryl methyl sites for hydroxylation is 1. The summed E-state index contributed by atoms with van der Waals surface area (Å²) in [6, 6.07) is 17.0. The van der Waals surface area contributed by atoms with Crippen molar-refractivity contribution in [2.24, 2.45) is 0 Å². The van der Waals surface area contributed by atoms with E-state index < -0.39 is 0 Å². The largest absolute Gasteiger partial charge is 0.269 e. The first-order chi connectivity index (χ1) is 11.6. The molecular weight excluding hydrogens is 300 g/mol. The van der Waals surface area contributed by atoms with Gasteiger partial charge in [0.25, 0.3) is 5.69 Å². The highest BCUT2D eigenvalue weighted by Gasteiger charge is 2.24. The fourth-order valence-corrected chi connectivity index (χ4v) is 3.08. The lowest BCUT2D eigenvalue weighted by Gasteiger charge is -2.04. The Hall–Kier alpha value is -3.27. The van der Waals surface area contributed by atoms with Gasteiger partial charge in [0.15, 0.2) is 0 Å². The molecule has 0 saturated heterocycles. The van der Waals surface area contributed by atoms with E-state index in [0.29, 0.717) is 0 Å². The van der Waals surface area contributed by atoms with Gasteiger partial charge in [-0.05, 0) is 47.9 Å². The van der Waals surface area contributed by atoms with Crippen molar-refractivity contribution in [2.45, 2.75) is 6.92 Å². The second kappa shape index (κ2) is 5.42. The predicted octanol–water partition coefficient (Wildman–Crippen LogP) is 4.87. The van der Waals surface area contributed by atoms with Crippen LogP contribution in [0.15, 0.2) is 60.8 Å². The number of nitro benzene ring substituents is 1. The summed E-state index contributed by atoms with van der Waals surface area (Å²) in [5, 5.41) is 10.8. The van der Waals surface area contributed by atoms with E-state index >= 15 is 0 Å². The van der Waals surface area contributed by atoms with Crippen LogP contribution in [0.3, 0.4) is 0 Å². The molecule has 0 unspecified atom stereocenters. The standard InChI is InChI=1S/C20H14N2O2/c1-13-4-9-17-18(11-13)19(16-3-2-10-21-20(16)17)12-14-5-7-15(8-6-14)22(23)24/h2-12H,1H3. The molecule has 0 N–H and O–H groups in total. The summed E-state index contributed by atoms with van der Waals surface area (Å²) in [6.07, 6.45) is 3.87. The minimum Gasteiger partial charge on any atom is -0.258 e. The van der Waals surface area contributed by atoms with Crippen molar-refractivity contribution in [3.63, 3.8) is 0 Å². The summed E-state index contributed by atoms with van der Waals surface area (Å²) in [5.41, 5.74) is 7.69. The second-order valence-electron chi connectivity index (χ2n) is 5.86. The summed E-state index contributed by atoms with van der Waals surface area (Å²) >= 11 is 0. The van der Waals surface area contributed by atoms with Gasteiger partial charge in [0.05, 0.1) is 10.6 Å². The van der Waals surface area contributed by atoms with Crippen LogP contribution in [-0.4, -0.2) is 9.91 Å². The third kappa shape index (κ3) is 2.29. The van der Waals surface area contributed by atoms with Crippen LogP contribution in [0.1, 0.15) is 22.3 Å². The quantitative estimate of drug-likeness (QED) is 0.392. The van der Waals surface area contributed by atoms with Crippen molar-refractivity contribution < 1.29 is 4.92 Å². The molecule has 116 valence electrons. The molecule has 4 nitrogen and oxygen atoms in total. The van der Waals surface area contributed by atoms with E-state index in [1.54, 1.807) is 18.3 Å². The smallest absolute Gasteiger partial charge is 0.258 e. The van der Waals surface area contributed by atoms with Gasteiger partial charge in [-0.1, -0.05) is 29.8 Å². The van der Waals surface area contributed by atoms with Crippen molar-refractivity contribution in [3.05, 3.63) is 93.2 Å². The van der Waals surface area contributed by atoms with Crippen LogP contribution in [0.2, 0.25) is 0 Å². The van der Waals surface area contributed by atoms with Crippen LogP contribution >= 0.6 is 0 Å². The van der Waals surface area contributed by atoms with Gasteiger partial charge >= 0.3 is 0 Å². The zero-order valence-electron chi connectivity index (χ0n) is 13.1. The van der Waals surface area contributed by atoms with Crippen LogP contribution in [0, 0.1) is 17.0 Å². The van der Waals surface area contributed by atoms with E-state index in [1.165, 1.54) is 17.7 Å². The molecule has 4 heteroatoms. The van der Waals surface area contributed by atoms with Crippen molar-refractivity contribution in [2.75, 3.05) is 0 Å². The molecule has 3 aromatic rings. The first kappa shape index (κ1) is 14.3. The summed E-state index contributed by atoms with van der Waals surface area (Å²) in [6.45, 7) is 2.07. The number of hydrogen-bond donors (Lipinski definition) is 0. The average molecular weight is 314 g/mol. The number of aromatic nitrogens is 1. The molecule has 0 amide bonds. The van der Waals surface area contributed by atoms with Crippen molar-refractivity contribution in [1.82, 2.24) is 4.98 Å². The molecule has 24 heavy (non-hydrogen) atoms. The molecule has 0 radical (unpaired) electrons. The number of fused-ring (bicyclic) bond motifs is 3. The normalized spacial score (nSPS) is 13.6. The first-order valence-corrected chi connectivity index (χ1v) is 7.66. The molecule has 0 aliphatic heterocycles. The Kier molecular flexibility index (Phi) is 3.24. The van der Waals surface area contributed by atoms with Gasteiger partial charge in [-0.25, -0.2) is 0 Å². The van der Waals surface area contributed by atoms with Gasteiger partial charge in [-0.15, -0.1) is 0 Å². The number of hydrogen-bond acceptors (Lipinski definition) is 3. The summed E-state index contributed by atoms with van der Waals surface area (Å²) in [7, 11) is 0. The topological polar surface area (TPSA) is 56.0 Å². The maximum atomic E-state index is 10.8. The molecular formula is C20H14N2O2. The molecule has 4 rings (SSSR count). The van der Waals surface area contributed by atoms with E-state index in [2.05, 4.69) is 42.2 Å². The molecule has 1 aliphatic rings. The van der Waals surface area contributed by atoms with E-state index in [-0.39, 0.29) is 10.6 Å². The lowest BCUT2D eigenvalue weighted by atomic mass is 10.00. The average Bonchev–Trinajstić information content (AvgIpc) is 2.89. The van der Waals surface area contributed by atoms with Crippen LogP contribution in [0.5, 0.6) is 0 Å². The fourth-order valence-electron chi connectivity index (χ4n) is 3.08. The van der Waals surface area contributed by atoms with E-state index in [1.807, 2.05) is 6.07 Å². The van der Waals surface area contributed by atoms with E-state index in [9.17, 15) is 10.1 Å². The Labute approximate surface area is 139 Å². The van der Waals surface area contributed by atoms with Crippen molar-refractivity contribution >= 4 is 17.3 Å². The molecule has 1 aromatic heterocycles. The van der Waals surface area contributed by atoms with Gasteiger partial charge in [0.2, 0.25) is 0 Å². The number of pyridine rings is 1. The number of benzene rings is 2. The van der Waals surface area contributed by atoms with Gasteiger partial charge in [-0.2, -0.15) is 0 Å². The van der Waals surface area contributed by atoms with E-state index in [4.69, 9.17) is 0 Å². The fraction of sp³-hybridized carbons (Fsp3) is 0.0500. The molecule has 1 aliphatic carbocycles.